The molecule has 0 bridgehead atoms. The van der Waals surface area contributed by atoms with Crippen LogP contribution in [0.2, 0.25) is 0 Å². The maximum Gasteiger partial charge on any atom is 0.191 e. The number of benzene rings is 1. The van der Waals surface area contributed by atoms with Gasteiger partial charge < -0.3 is 10.6 Å². The number of hydrogen-bond donors (Lipinski definition) is 2. The predicted molar refractivity (Wildman–Crippen MR) is 120 cm³/mol. The molecule has 2 rings (SSSR count). The Labute approximate surface area is 177 Å². The average Bonchev–Trinajstić information content (AvgIpc) is 3.07. The summed E-state index contributed by atoms with van der Waals surface area (Å²) in [6.07, 6.45) is 2.26. The van der Waals surface area contributed by atoms with E-state index in [4.69, 9.17) is 0 Å². The Morgan fingerprint density at radius 2 is 1.88 bits per heavy atom. The Balaban J connectivity index is 0.00000338. The van der Waals surface area contributed by atoms with Crippen molar-refractivity contribution in [3.05, 3.63) is 52.2 Å². The smallest absolute Gasteiger partial charge is 0.191 e. The highest BCUT2D eigenvalue weighted by atomic mass is 127. The highest BCUT2D eigenvalue weighted by Gasteiger charge is 2.08. The number of halogens is 1. The summed E-state index contributed by atoms with van der Waals surface area (Å²) in [4.78, 5) is 5.96. The summed E-state index contributed by atoms with van der Waals surface area (Å²) >= 11 is 1.79. The first-order valence-corrected chi connectivity index (χ1v) is 10.9. The summed E-state index contributed by atoms with van der Waals surface area (Å²) < 4.78 is 23.0. The third kappa shape index (κ3) is 7.63. The number of sulfone groups is 1. The van der Waals surface area contributed by atoms with Crippen LogP contribution in [0.1, 0.15) is 17.4 Å². The van der Waals surface area contributed by atoms with E-state index in [0.717, 1.165) is 24.5 Å². The zero-order chi connectivity index (χ0) is 18.3. The molecular weight excluding hydrogens is 481 g/mol. The molecule has 1 atom stereocenters. The molecule has 1 unspecified atom stereocenters. The molecule has 0 saturated carbocycles. The van der Waals surface area contributed by atoms with Crippen LogP contribution in [-0.4, -0.2) is 34.2 Å². The lowest BCUT2D eigenvalue weighted by molar-refractivity contribution is 0.562. The molecule has 0 aliphatic heterocycles. The van der Waals surface area contributed by atoms with Gasteiger partial charge in [-0.05, 0) is 41.5 Å². The number of hydrogen-bond acceptors (Lipinski definition) is 4. The van der Waals surface area contributed by atoms with Crippen LogP contribution >= 0.6 is 35.3 Å². The molecule has 144 valence electrons. The van der Waals surface area contributed by atoms with Crippen molar-refractivity contribution < 1.29 is 8.42 Å². The Kier molecular flexibility index (Phi) is 9.59. The normalized spacial score (nSPS) is 13.0. The molecule has 1 heterocycles. The number of nitrogens with one attached hydrogen (secondary N) is 2. The molecule has 0 aliphatic rings. The van der Waals surface area contributed by atoms with Crippen LogP contribution in [0.5, 0.6) is 0 Å². The van der Waals surface area contributed by atoms with E-state index in [1.54, 1.807) is 30.5 Å². The monoisotopic (exact) mass is 507 g/mol. The van der Waals surface area contributed by atoms with Crippen LogP contribution in [0.3, 0.4) is 0 Å². The second-order valence-corrected chi connectivity index (χ2v) is 9.16. The molecule has 2 N–H and O–H groups in total. The molecule has 1 aromatic heterocycles. The van der Waals surface area contributed by atoms with E-state index >= 15 is 0 Å². The van der Waals surface area contributed by atoms with Crippen molar-refractivity contribution in [1.29, 1.82) is 0 Å². The Hall–Kier alpha value is -1.13. The first kappa shape index (κ1) is 22.9. The van der Waals surface area contributed by atoms with Gasteiger partial charge in [-0.2, -0.15) is 0 Å². The van der Waals surface area contributed by atoms with Gasteiger partial charge in [0.1, 0.15) is 0 Å². The quantitative estimate of drug-likeness (QED) is 0.343. The average molecular weight is 507 g/mol. The first-order valence-electron chi connectivity index (χ1n) is 8.14. The second-order valence-electron chi connectivity index (χ2n) is 6.11. The molecule has 0 saturated heterocycles. The summed E-state index contributed by atoms with van der Waals surface area (Å²) in [5.41, 5.74) is 1.00. The minimum atomic E-state index is -3.15. The van der Waals surface area contributed by atoms with E-state index in [9.17, 15) is 8.42 Å². The SMILES string of the molecule is CN=C(NCc1ccc(S(C)(=O)=O)cc1)NCC(C)Cc1cccs1.I. The van der Waals surface area contributed by atoms with E-state index in [-0.39, 0.29) is 24.0 Å². The number of guanidine groups is 1. The Morgan fingerprint density at radius 3 is 2.42 bits per heavy atom. The zero-order valence-electron chi connectivity index (χ0n) is 15.2. The van der Waals surface area contributed by atoms with Crippen LogP contribution in [-0.2, 0) is 22.8 Å². The molecule has 5 nitrogen and oxygen atoms in total. The fraction of sp³-hybridized carbons (Fsp3) is 0.389. The van der Waals surface area contributed by atoms with Crippen molar-refractivity contribution in [1.82, 2.24) is 10.6 Å². The molecular formula is C18H26IN3O2S2. The van der Waals surface area contributed by atoms with Gasteiger partial charge in [-0.1, -0.05) is 25.1 Å². The minimum absolute atomic E-state index is 0. The second kappa shape index (κ2) is 10.9. The maximum absolute atomic E-state index is 11.5. The van der Waals surface area contributed by atoms with Crippen molar-refractivity contribution in [2.24, 2.45) is 10.9 Å². The number of nitrogens with zero attached hydrogens (tertiary/aromatic N) is 1. The highest BCUT2D eigenvalue weighted by Crippen LogP contribution is 2.14. The lowest BCUT2D eigenvalue weighted by Crippen LogP contribution is -2.39. The summed E-state index contributed by atoms with van der Waals surface area (Å²) in [6, 6.07) is 11.1. The molecule has 1 aromatic carbocycles. The number of thiophene rings is 1. The van der Waals surface area contributed by atoms with E-state index in [0.29, 0.717) is 17.4 Å². The third-order valence-electron chi connectivity index (χ3n) is 3.78. The van der Waals surface area contributed by atoms with Crippen molar-refractivity contribution in [2.45, 2.75) is 24.8 Å². The largest absolute Gasteiger partial charge is 0.356 e. The van der Waals surface area contributed by atoms with E-state index < -0.39 is 9.84 Å². The van der Waals surface area contributed by atoms with Gasteiger partial charge in [0, 0.05) is 31.3 Å². The van der Waals surface area contributed by atoms with Crippen LogP contribution in [0.25, 0.3) is 0 Å². The van der Waals surface area contributed by atoms with Gasteiger partial charge in [-0.3, -0.25) is 4.99 Å². The molecule has 2 aromatic rings. The van der Waals surface area contributed by atoms with Crippen molar-refractivity contribution in [3.63, 3.8) is 0 Å². The Bertz CT molecular complexity index is 788. The zero-order valence-corrected chi connectivity index (χ0v) is 19.2. The number of rotatable bonds is 7. The van der Waals surface area contributed by atoms with Crippen LogP contribution in [0.15, 0.2) is 51.7 Å². The summed E-state index contributed by atoms with van der Waals surface area (Å²) in [6.45, 7) is 3.64. The first-order chi connectivity index (χ1) is 11.9. The van der Waals surface area contributed by atoms with Gasteiger partial charge in [0.25, 0.3) is 0 Å². The van der Waals surface area contributed by atoms with Crippen molar-refractivity contribution in [3.8, 4) is 0 Å². The van der Waals surface area contributed by atoms with Gasteiger partial charge >= 0.3 is 0 Å². The number of aliphatic imine (C=N–C) groups is 1. The lowest BCUT2D eigenvalue weighted by Gasteiger charge is -2.15. The highest BCUT2D eigenvalue weighted by molar-refractivity contribution is 14.0. The predicted octanol–water partition coefficient (Wildman–Crippen LogP) is 3.31. The molecule has 0 amide bonds. The molecule has 0 fully saturated rings. The fourth-order valence-corrected chi connectivity index (χ4v) is 3.88. The third-order valence-corrected chi connectivity index (χ3v) is 5.81. The molecule has 8 heteroatoms. The summed E-state index contributed by atoms with van der Waals surface area (Å²) in [5.74, 6) is 1.25. The van der Waals surface area contributed by atoms with Gasteiger partial charge in [0.2, 0.25) is 0 Å². The van der Waals surface area contributed by atoms with E-state index in [1.807, 2.05) is 12.1 Å². The van der Waals surface area contributed by atoms with Crippen molar-refractivity contribution >= 4 is 51.1 Å². The molecule has 0 aliphatic carbocycles. The van der Waals surface area contributed by atoms with Crippen LogP contribution in [0.4, 0.5) is 0 Å². The minimum Gasteiger partial charge on any atom is -0.356 e. The molecule has 26 heavy (non-hydrogen) atoms. The lowest BCUT2D eigenvalue weighted by atomic mass is 10.1. The Morgan fingerprint density at radius 1 is 1.19 bits per heavy atom. The van der Waals surface area contributed by atoms with Gasteiger partial charge in [0.15, 0.2) is 15.8 Å². The molecule has 0 spiro atoms. The maximum atomic E-state index is 11.5. The van der Waals surface area contributed by atoms with Gasteiger partial charge in [-0.15, -0.1) is 35.3 Å². The fourth-order valence-electron chi connectivity index (χ4n) is 2.38. The summed E-state index contributed by atoms with van der Waals surface area (Å²) in [7, 11) is -1.41. The van der Waals surface area contributed by atoms with Gasteiger partial charge in [-0.25, -0.2) is 8.42 Å². The van der Waals surface area contributed by atoms with Gasteiger partial charge in [0.05, 0.1) is 4.90 Å². The summed E-state index contributed by atoms with van der Waals surface area (Å²) in [5, 5.41) is 8.69. The topological polar surface area (TPSA) is 70.6 Å². The van der Waals surface area contributed by atoms with Crippen LogP contribution < -0.4 is 10.6 Å². The van der Waals surface area contributed by atoms with E-state index in [2.05, 4.69) is 40.1 Å². The van der Waals surface area contributed by atoms with Crippen LogP contribution in [0, 0.1) is 5.92 Å². The molecule has 0 radical (unpaired) electrons. The van der Waals surface area contributed by atoms with Crippen molar-refractivity contribution in [2.75, 3.05) is 19.8 Å². The van der Waals surface area contributed by atoms with E-state index in [1.165, 1.54) is 11.1 Å². The standard InChI is InChI=1S/C18H25N3O2S2.HI/c1-14(11-16-5-4-10-24-16)12-20-18(19-2)21-13-15-6-8-17(9-7-15)25(3,22)23;/h4-10,14H,11-13H2,1-3H3,(H2,19,20,21);1H.